The van der Waals surface area contributed by atoms with E-state index in [1.165, 1.54) is 40.4 Å². The standard InChI is InChI=1S/C30H42S3/c1-27(2,3)23-15-19(16-24(32-23)28(4,5)6)21-13-14-22(31-21)20-17-25(29(7,8)9)33-26(18-20)30(10,11)12/h13-18H,1-12H3/q+2. The summed E-state index contributed by atoms with van der Waals surface area (Å²) in [4.78, 5) is 8.52. The monoisotopic (exact) mass is 498 g/mol. The molecule has 0 radical (unpaired) electrons. The zero-order valence-electron chi connectivity index (χ0n) is 22.7. The minimum Gasteiger partial charge on any atom is -0.135 e. The van der Waals surface area contributed by atoms with E-state index in [0.29, 0.717) is 0 Å². The Kier molecular flexibility index (Phi) is 7.06. The summed E-state index contributed by atoms with van der Waals surface area (Å²) in [7, 11) is 0. The van der Waals surface area contributed by atoms with Crippen molar-refractivity contribution < 1.29 is 0 Å². The smallest absolute Gasteiger partial charge is 0.135 e. The Labute approximate surface area is 214 Å². The van der Waals surface area contributed by atoms with Crippen LogP contribution in [-0.4, -0.2) is 0 Å². The summed E-state index contributed by atoms with van der Waals surface area (Å²) in [5, 5.41) is 0. The number of hydrogen-bond acceptors (Lipinski definition) is 1. The van der Waals surface area contributed by atoms with E-state index in [1.807, 2.05) is 34.0 Å². The topological polar surface area (TPSA) is 0 Å². The lowest BCUT2D eigenvalue weighted by molar-refractivity contribution is 0.593. The Morgan fingerprint density at radius 2 is 0.697 bits per heavy atom. The van der Waals surface area contributed by atoms with E-state index in [2.05, 4.69) is 119 Å². The first-order valence-corrected chi connectivity index (χ1v) is 14.4. The van der Waals surface area contributed by atoms with E-state index in [-0.39, 0.29) is 21.7 Å². The second kappa shape index (κ2) is 8.81. The van der Waals surface area contributed by atoms with Crippen molar-refractivity contribution in [3.8, 4) is 20.9 Å². The molecular formula is C30H42S3+2. The van der Waals surface area contributed by atoms with Gasteiger partial charge < -0.3 is 0 Å². The summed E-state index contributed by atoms with van der Waals surface area (Å²) in [5.74, 6) is 0. The van der Waals surface area contributed by atoms with Crippen LogP contribution >= 0.6 is 34.0 Å². The molecule has 3 aromatic rings. The molecule has 0 saturated heterocycles. The van der Waals surface area contributed by atoms with Gasteiger partial charge in [0.2, 0.25) is 42.2 Å². The second-order valence-corrected chi connectivity index (χ2v) is 16.6. The van der Waals surface area contributed by atoms with Crippen molar-refractivity contribution in [3.05, 3.63) is 55.9 Å². The van der Waals surface area contributed by atoms with Crippen LogP contribution in [0.1, 0.15) is 103 Å². The van der Waals surface area contributed by atoms with Gasteiger partial charge in [-0.05, 0) is 12.1 Å². The Bertz CT molecular complexity index is 982. The largest absolute Gasteiger partial charge is 0.219 e. The van der Waals surface area contributed by atoms with Gasteiger partial charge in [-0.25, -0.2) is 0 Å². The zero-order chi connectivity index (χ0) is 25.0. The van der Waals surface area contributed by atoms with Crippen LogP contribution in [0.5, 0.6) is 0 Å². The first-order chi connectivity index (χ1) is 14.9. The lowest BCUT2D eigenvalue weighted by Gasteiger charge is -2.16. The van der Waals surface area contributed by atoms with Crippen molar-refractivity contribution in [1.29, 1.82) is 0 Å². The molecule has 0 aromatic carbocycles. The van der Waals surface area contributed by atoms with Crippen LogP contribution in [0.3, 0.4) is 0 Å². The normalized spacial score (nSPS) is 13.5. The molecule has 0 fully saturated rings. The third kappa shape index (κ3) is 6.29. The Morgan fingerprint density at radius 1 is 0.455 bits per heavy atom. The molecule has 0 aliphatic rings. The quantitative estimate of drug-likeness (QED) is 0.308. The van der Waals surface area contributed by atoms with Gasteiger partial charge in [0.15, 0.2) is 0 Å². The van der Waals surface area contributed by atoms with Gasteiger partial charge in [0.25, 0.3) is 0 Å². The molecule has 0 N–H and O–H groups in total. The minimum atomic E-state index is 0.144. The second-order valence-electron chi connectivity index (χ2n) is 13.3. The van der Waals surface area contributed by atoms with Crippen molar-refractivity contribution in [3.63, 3.8) is 0 Å². The number of thiophene rings is 1. The van der Waals surface area contributed by atoms with Crippen molar-refractivity contribution in [1.82, 2.24) is 0 Å². The summed E-state index contributed by atoms with van der Waals surface area (Å²) < 4.78 is 0. The van der Waals surface area contributed by atoms with Gasteiger partial charge in [0.05, 0.1) is 0 Å². The van der Waals surface area contributed by atoms with E-state index in [4.69, 9.17) is 0 Å². The minimum absolute atomic E-state index is 0.144. The van der Waals surface area contributed by atoms with Gasteiger partial charge in [0.1, 0.15) is 0 Å². The molecule has 33 heavy (non-hydrogen) atoms. The summed E-state index contributed by atoms with van der Waals surface area (Å²) >= 11 is 5.85. The Hall–Kier alpha value is -1.16. The van der Waals surface area contributed by atoms with Gasteiger partial charge >= 0.3 is 0 Å². The molecule has 0 atom stereocenters. The molecule has 0 aliphatic heterocycles. The van der Waals surface area contributed by atoms with Crippen LogP contribution < -0.4 is 0 Å². The molecular weight excluding hydrogens is 457 g/mol. The molecule has 0 saturated carbocycles. The van der Waals surface area contributed by atoms with E-state index < -0.39 is 0 Å². The third-order valence-corrected chi connectivity index (χ3v) is 10.7. The lowest BCUT2D eigenvalue weighted by Crippen LogP contribution is -2.14. The maximum absolute atomic E-state index is 2.42. The zero-order valence-corrected chi connectivity index (χ0v) is 25.1. The molecule has 0 spiro atoms. The molecule has 0 unspecified atom stereocenters. The summed E-state index contributed by atoms with van der Waals surface area (Å²) in [6, 6.07) is 14.3. The SMILES string of the molecule is CC(C)(C)c1cc(-c2ccc(-c3cc(C(C)(C)C)[s+]c(C(C)(C)C)c3)s2)cc(C(C)(C)C)[s+]1. The van der Waals surface area contributed by atoms with Crippen LogP contribution in [0.4, 0.5) is 0 Å². The van der Waals surface area contributed by atoms with E-state index in [0.717, 1.165) is 0 Å². The fourth-order valence-electron chi connectivity index (χ4n) is 3.41. The average molecular weight is 499 g/mol. The van der Waals surface area contributed by atoms with Crippen molar-refractivity contribution >= 4 is 34.0 Å². The van der Waals surface area contributed by atoms with Gasteiger partial charge in [0, 0.05) is 66.8 Å². The summed E-state index contributed by atoms with van der Waals surface area (Å²) in [6.07, 6.45) is 0. The van der Waals surface area contributed by atoms with Crippen LogP contribution in [0.25, 0.3) is 20.9 Å². The predicted molar refractivity (Wildman–Crippen MR) is 155 cm³/mol. The first kappa shape index (κ1) is 26.4. The molecule has 0 nitrogen and oxygen atoms in total. The van der Waals surface area contributed by atoms with Crippen molar-refractivity contribution in [2.24, 2.45) is 0 Å². The van der Waals surface area contributed by atoms with Crippen LogP contribution in [0, 0.1) is 0 Å². The van der Waals surface area contributed by atoms with Crippen LogP contribution in [0.2, 0.25) is 0 Å². The molecule has 3 heterocycles. The third-order valence-electron chi connectivity index (χ3n) is 5.72. The highest BCUT2D eigenvalue weighted by Gasteiger charge is 2.34. The highest BCUT2D eigenvalue weighted by molar-refractivity contribution is 7.19. The van der Waals surface area contributed by atoms with Gasteiger partial charge in [-0.2, -0.15) is 0 Å². The van der Waals surface area contributed by atoms with E-state index in [9.17, 15) is 0 Å². The molecule has 3 aromatic heterocycles. The maximum Gasteiger partial charge on any atom is 0.219 e. The molecule has 0 aliphatic carbocycles. The average Bonchev–Trinajstić information content (AvgIpc) is 3.15. The molecule has 0 amide bonds. The van der Waals surface area contributed by atoms with Crippen molar-refractivity contribution in [2.75, 3.05) is 0 Å². The van der Waals surface area contributed by atoms with Gasteiger partial charge in [-0.1, -0.05) is 83.1 Å². The fraction of sp³-hybridized carbons (Fsp3) is 0.533. The van der Waals surface area contributed by atoms with Crippen molar-refractivity contribution in [2.45, 2.75) is 105 Å². The Balaban J connectivity index is 2.15. The lowest BCUT2D eigenvalue weighted by atomic mass is 9.91. The van der Waals surface area contributed by atoms with E-state index in [1.54, 1.807) is 0 Å². The maximum atomic E-state index is 2.42. The highest BCUT2D eigenvalue weighted by atomic mass is 32.1. The predicted octanol–water partition coefficient (Wildman–Crippen LogP) is 11.0. The first-order valence-electron chi connectivity index (χ1n) is 11.9. The number of hydrogen-bond donors (Lipinski definition) is 0. The number of rotatable bonds is 2. The van der Waals surface area contributed by atoms with Crippen LogP contribution in [-0.2, 0) is 21.7 Å². The van der Waals surface area contributed by atoms with Crippen LogP contribution in [0.15, 0.2) is 36.4 Å². The molecule has 3 heteroatoms. The Morgan fingerprint density at radius 3 is 0.909 bits per heavy atom. The van der Waals surface area contributed by atoms with Gasteiger partial charge in [-0.15, -0.1) is 11.3 Å². The molecule has 178 valence electrons. The molecule has 3 rings (SSSR count). The highest BCUT2D eigenvalue weighted by Crippen LogP contribution is 2.43. The fourth-order valence-corrected chi connectivity index (χ4v) is 6.84. The summed E-state index contributed by atoms with van der Waals surface area (Å²) in [5.41, 5.74) is 3.28. The van der Waals surface area contributed by atoms with Gasteiger partial charge in [-0.3, -0.25) is 0 Å². The summed E-state index contributed by atoms with van der Waals surface area (Å²) in [6.45, 7) is 27.9. The molecule has 0 bridgehead atoms. The van der Waals surface area contributed by atoms with E-state index >= 15 is 0 Å².